The SMILES string of the molecule is O=C1/C(=C/c2ccc(-c3cccc([N+](=O)[O-])c3)o2)SC(=S)N1CCc1ccccc1. The molecule has 6 nitrogen and oxygen atoms in total. The smallest absolute Gasteiger partial charge is 0.270 e. The summed E-state index contributed by atoms with van der Waals surface area (Å²) in [5.74, 6) is 0.832. The highest BCUT2D eigenvalue weighted by molar-refractivity contribution is 8.26. The van der Waals surface area contributed by atoms with Gasteiger partial charge in [0.25, 0.3) is 11.6 Å². The summed E-state index contributed by atoms with van der Waals surface area (Å²) in [5, 5.41) is 11.0. The Kier molecular flexibility index (Phi) is 5.78. The van der Waals surface area contributed by atoms with Gasteiger partial charge in [0, 0.05) is 30.3 Å². The molecule has 1 amide bonds. The summed E-state index contributed by atoms with van der Waals surface area (Å²) in [5.41, 5.74) is 1.73. The van der Waals surface area contributed by atoms with Crippen molar-refractivity contribution in [2.24, 2.45) is 0 Å². The average Bonchev–Trinajstić information content (AvgIpc) is 3.32. The fourth-order valence-electron chi connectivity index (χ4n) is 3.07. The second-order valence-electron chi connectivity index (χ2n) is 6.58. The minimum Gasteiger partial charge on any atom is -0.457 e. The molecule has 0 spiro atoms. The Morgan fingerprint density at radius 2 is 1.90 bits per heavy atom. The van der Waals surface area contributed by atoms with Gasteiger partial charge in [0.05, 0.1) is 9.83 Å². The predicted octanol–water partition coefficient (Wildman–Crippen LogP) is 5.30. The molecule has 4 rings (SSSR count). The largest absolute Gasteiger partial charge is 0.457 e. The number of carbonyl (C=O) groups excluding carboxylic acids is 1. The number of amides is 1. The van der Waals surface area contributed by atoms with Crippen molar-refractivity contribution in [1.82, 2.24) is 4.90 Å². The third kappa shape index (κ3) is 4.34. The number of furan rings is 1. The highest BCUT2D eigenvalue weighted by Gasteiger charge is 2.31. The van der Waals surface area contributed by atoms with Gasteiger partial charge in [-0.15, -0.1) is 0 Å². The molecule has 1 aromatic heterocycles. The van der Waals surface area contributed by atoms with Crippen LogP contribution in [0.2, 0.25) is 0 Å². The fraction of sp³-hybridized carbons (Fsp3) is 0.0909. The van der Waals surface area contributed by atoms with Gasteiger partial charge in [-0.1, -0.05) is 66.4 Å². The first-order valence-electron chi connectivity index (χ1n) is 9.15. The van der Waals surface area contributed by atoms with Crippen LogP contribution >= 0.6 is 24.0 Å². The Bertz CT molecular complexity index is 1150. The van der Waals surface area contributed by atoms with Gasteiger partial charge in [-0.2, -0.15) is 0 Å². The van der Waals surface area contributed by atoms with E-state index in [2.05, 4.69) is 0 Å². The molecule has 0 atom stereocenters. The van der Waals surface area contributed by atoms with Crippen molar-refractivity contribution in [2.45, 2.75) is 6.42 Å². The van der Waals surface area contributed by atoms with Gasteiger partial charge in [-0.3, -0.25) is 19.8 Å². The highest BCUT2D eigenvalue weighted by Crippen LogP contribution is 2.34. The Morgan fingerprint density at radius 3 is 2.67 bits per heavy atom. The monoisotopic (exact) mass is 436 g/mol. The van der Waals surface area contributed by atoms with Crippen molar-refractivity contribution in [1.29, 1.82) is 0 Å². The first kappa shape index (κ1) is 20.1. The topological polar surface area (TPSA) is 76.6 Å². The van der Waals surface area contributed by atoms with E-state index < -0.39 is 4.92 Å². The van der Waals surface area contributed by atoms with Crippen LogP contribution in [0, 0.1) is 10.1 Å². The average molecular weight is 437 g/mol. The molecule has 150 valence electrons. The van der Waals surface area contributed by atoms with Crippen LogP contribution in [0.3, 0.4) is 0 Å². The number of nitro benzene ring substituents is 1. The Morgan fingerprint density at radius 1 is 1.10 bits per heavy atom. The zero-order valence-corrected chi connectivity index (χ0v) is 17.3. The van der Waals surface area contributed by atoms with Crippen LogP contribution < -0.4 is 0 Å². The number of carbonyl (C=O) groups is 1. The zero-order chi connectivity index (χ0) is 21.1. The lowest BCUT2D eigenvalue weighted by molar-refractivity contribution is -0.384. The van der Waals surface area contributed by atoms with E-state index in [1.165, 1.54) is 23.9 Å². The predicted molar refractivity (Wildman–Crippen MR) is 121 cm³/mol. The van der Waals surface area contributed by atoms with Crippen LogP contribution in [0.1, 0.15) is 11.3 Å². The summed E-state index contributed by atoms with van der Waals surface area (Å²) in [6, 6.07) is 19.6. The molecule has 0 saturated carbocycles. The van der Waals surface area contributed by atoms with Crippen molar-refractivity contribution in [2.75, 3.05) is 6.54 Å². The van der Waals surface area contributed by atoms with Crippen molar-refractivity contribution < 1.29 is 14.1 Å². The molecule has 0 aliphatic carbocycles. The summed E-state index contributed by atoms with van der Waals surface area (Å²) < 4.78 is 6.31. The molecule has 1 fully saturated rings. The molecule has 3 aromatic rings. The van der Waals surface area contributed by atoms with Crippen LogP contribution in [0.25, 0.3) is 17.4 Å². The Labute approximate surface area is 182 Å². The number of hydrogen-bond donors (Lipinski definition) is 0. The number of nitrogens with zero attached hydrogens (tertiary/aromatic N) is 2. The molecule has 0 radical (unpaired) electrons. The number of hydrogen-bond acceptors (Lipinski definition) is 6. The van der Waals surface area contributed by atoms with Crippen LogP contribution in [0.4, 0.5) is 5.69 Å². The molecule has 2 aromatic carbocycles. The zero-order valence-electron chi connectivity index (χ0n) is 15.7. The minimum atomic E-state index is -0.450. The molecular formula is C22H16N2O4S2. The number of rotatable bonds is 6. The van der Waals surface area contributed by atoms with Crippen LogP contribution in [-0.2, 0) is 11.2 Å². The summed E-state index contributed by atoms with van der Waals surface area (Å²) in [6.07, 6.45) is 2.38. The maximum Gasteiger partial charge on any atom is 0.270 e. The first-order chi connectivity index (χ1) is 14.5. The minimum absolute atomic E-state index is 0.00950. The standard InChI is InChI=1S/C22H16N2O4S2/c25-21-20(30-22(29)23(21)12-11-15-5-2-1-3-6-15)14-18-9-10-19(28-18)16-7-4-8-17(13-16)24(26)27/h1-10,13-14H,11-12H2/b20-14-. The lowest BCUT2D eigenvalue weighted by atomic mass is 10.1. The lowest BCUT2D eigenvalue weighted by Gasteiger charge is -2.14. The van der Waals surface area contributed by atoms with Gasteiger partial charge < -0.3 is 4.42 Å². The van der Waals surface area contributed by atoms with Crippen LogP contribution in [-0.4, -0.2) is 26.6 Å². The summed E-state index contributed by atoms with van der Waals surface area (Å²) in [7, 11) is 0. The highest BCUT2D eigenvalue weighted by atomic mass is 32.2. The maximum absolute atomic E-state index is 12.8. The molecule has 0 N–H and O–H groups in total. The summed E-state index contributed by atoms with van der Waals surface area (Å²) in [4.78, 5) is 25.4. The van der Waals surface area contributed by atoms with E-state index in [9.17, 15) is 14.9 Å². The maximum atomic E-state index is 12.8. The van der Waals surface area contributed by atoms with E-state index in [1.54, 1.807) is 35.2 Å². The molecule has 2 heterocycles. The van der Waals surface area contributed by atoms with Gasteiger partial charge in [-0.25, -0.2) is 0 Å². The number of non-ortho nitro benzene ring substituents is 1. The normalized spacial score (nSPS) is 15.2. The molecular weight excluding hydrogens is 420 g/mol. The Hall–Kier alpha value is -3.23. The molecule has 1 aliphatic heterocycles. The van der Waals surface area contributed by atoms with Gasteiger partial charge in [0.2, 0.25) is 0 Å². The molecule has 8 heteroatoms. The molecule has 30 heavy (non-hydrogen) atoms. The van der Waals surface area contributed by atoms with Crippen molar-refractivity contribution in [3.8, 4) is 11.3 Å². The van der Waals surface area contributed by atoms with Crippen molar-refractivity contribution in [3.63, 3.8) is 0 Å². The lowest BCUT2D eigenvalue weighted by Crippen LogP contribution is -2.30. The number of nitro groups is 1. The molecule has 1 aliphatic rings. The molecule has 0 unspecified atom stereocenters. The summed E-state index contributed by atoms with van der Waals surface area (Å²) in [6.45, 7) is 0.517. The summed E-state index contributed by atoms with van der Waals surface area (Å²) >= 11 is 6.62. The van der Waals surface area contributed by atoms with Crippen LogP contribution in [0.5, 0.6) is 0 Å². The van der Waals surface area contributed by atoms with E-state index in [0.29, 0.717) is 32.9 Å². The number of thiocarbonyl (C=S) groups is 1. The second-order valence-corrected chi connectivity index (χ2v) is 8.25. The number of benzene rings is 2. The second kappa shape index (κ2) is 8.64. The van der Waals surface area contributed by atoms with E-state index in [1.807, 2.05) is 30.3 Å². The van der Waals surface area contributed by atoms with Gasteiger partial charge in [0.1, 0.15) is 15.8 Å². The first-order valence-corrected chi connectivity index (χ1v) is 10.4. The van der Waals surface area contributed by atoms with E-state index in [-0.39, 0.29) is 11.6 Å². The third-order valence-electron chi connectivity index (χ3n) is 4.58. The van der Waals surface area contributed by atoms with Crippen molar-refractivity contribution >= 4 is 46.0 Å². The van der Waals surface area contributed by atoms with E-state index in [4.69, 9.17) is 16.6 Å². The molecule has 1 saturated heterocycles. The van der Waals surface area contributed by atoms with Gasteiger partial charge in [0.15, 0.2) is 0 Å². The number of thioether (sulfide) groups is 1. The third-order valence-corrected chi connectivity index (χ3v) is 5.96. The molecule has 0 bridgehead atoms. The van der Waals surface area contributed by atoms with E-state index >= 15 is 0 Å². The Balaban J connectivity index is 1.49. The fourth-order valence-corrected chi connectivity index (χ4v) is 4.35. The quantitative estimate of drug-likeness (QED) is 0.226. The van der Waals surface area contributed by atoms with E-state index in [0.717, 1.165) is 12.0 Å². The van der Waals surface area contributed by atoms with Crippen LogP contribution in [0.15, 0.2) is 76.1 Å². The van der Waals surface area contributed by atoms with Crippen molar-refractivity contribution in [3.05, 3.63) is 93.1 Å². The van der Waals surface area contributed by atoms with Gasteiger partial charge >= 0.3 is 0 Å². The van der Waals surface area contributed by atoms with Gasteiger partial charge in [-0.05, 0) is 24.1 Å².